The van der Waals surface area contributed by atoms with E-state index in [1.54, 1.807) is 0 Å². The Bertz CT molecular complexity index is 176. The molecular formula is C10H22N2O3. The van der Waals surface area contributed by atoms with Gasteiger partial charge in [0, 0.05) is 13.0 Å². The van der Waals surface area contributed by atoms with Gasteiger partial charge < -0.3 is 20.9 Å². The zero-order valence-corrected chi connectivity index (χ0v) is 9.53. The van der Waals surface area contributed by atoms with Crippen LogP contribution in [0.5, 0.6) is 0 Å². The average Bonchev–Trinajstić information content (AvgIpc) is 2.24. The average molecular weight is 218 g/mol. The van der Waals surface area contributed by atoms with Crippen LogP contribution < -0.4 is 11.1 Å². The van der Waals surface area contributed by atoms with Crippen molar-refractivity contribution in [2.24, 2.45) is 11.7 Å². The van der Waals surface area contributed by atoms with Crippen molar-refractivity contribution in [1.29, 1.82) is 0 Å². The van der Waals surface area contributed by atoms with Crippen LogP contribution in [0.4, 0.5) is 0 Å². The van der Waals surface area contributed by atoms with Crippen LogP contribution in [0.2, 0.25) is 0 Å². The maximum absolute atomic E-state index is 11.6. The number of amides is 1. The molecule has 0 fully saturated rings. The SMILES string of the molecule is COCC(CO)NC(=O)C(C)CCCN. The van der Waals surface area contributed by atoms with Gasteiger partial charge in [-0.25, -0.2) is 0 Å². The Kier molecular flexibility index (Phi) is 8.27. The first kappa shape index (κ1) is 14.3. The Hall–Kier alpha value is -0.650. The fraction of sp³-hybridized carbons (Fsp3) is 0.900. The second-order valence-corrected chi connectivity index (χ2v) is 3.68. The molecule has 0 saturated heterocycles. The predicted octanol–water partition coefficient (Wildman–Crippen LogP) is -0.515. The lowest BCUT2D eigenvalue weighted by Gasteiger charge is -2.18. The number of carbonyl (C=O) groups excluding carboxylic acids is 1. The molecule has 15 heavy (non-hydrogen) atoms. The van der Waals surface area contributed by atoms with Crippen molar-refractivity contribution in [3.8, 4) is 0 Å². The minimum atomic E-state index is -0.317. The lowest BCUT2D eigenvalue weighted by atomic mass is 10.0. The monoisotopic (exact) mass is 218 g/mol. The van der Waals surface area contributed by atoms with Crippen LogP contribution >= 0.6 is 0 Å². The summed E-state index contributed by atoms with van der Waals surface area (Å²) in [6.07, 6.45) is 1.61. The quantitative estimate of drug-likeness (QED) is 0.512. The van der Waals surface area contributed by atoms with E-state index in [1.165, 1.54) is 7.11 Å². The third kappa shape index (κ3) is 6.43. The van der Waals surface area contributed by atoms with Crippen molar-refractivity contribution in [1.82, 2.24) is 5.32 Å². The summed E-state index contributed by atoms with van der Waals surface area (Å²) in [6.45, 7) is 2.67. The van der Waals surface area contributed by atoms with Gasteiger partial charge in [-0.05, 0) is 19.4 Å². The van der Waals surface area contributed by atoms with Gasteiger partial charge in [-0.15, -0.1) is 0 Å². The van der Waals surface area contributed by atoms with Crippen molar-refractivity contribution in [3.63, 3.8) is 0 Å². The zero-order chi connectivity index (χ0) is 11.7. The molecule has 0 saturated carbocycles. The number of carbonyl (C=O) groups is 1. The van der Waals surface area contributed by atoms with Crippen molar-refractivity contribution in [2.75, 3.05) is 26.9 Å². The van der Waals surface area contributed by atoms with Crippen molar-refractivity contribution in [3.05, 3.63) is 0 Å². The van der Waals surface area contributed by atoms with Gasteiger partial charge in [0.05, 0.1) is 19.3 Å². The highest BCUT2D eigenvalue weighted by Gasteiger charge is 2.16. The molecule has 4 N–H and O–H groups in total. The molecule has 2 unspecified atom stereocenters. The molecule has 0 spiro atoms. The van der Waals surface area contributed by atoms with Crippen molar-refractivity contribution < 1.29 is 14.6 Å². The highest BCUT2D eigenvalue weighted by atomic mass is 16.5. The number of nitrogens with two attached hydrogens (primary N) is 1. The van der Waals surface area contributed by atoms with Gasteiger partial charge in [0.2, 0.25) is 5.91 Å². The highest BCUT2D eigenvalue weighted by molar-refractivity contribution is 5.78. The van der Waals surface area contributed by atoms with Crippen LogP contribution in [0.25, 0.3) is 0 Å². The van der Waals surface area contributed by atoms with Crippen LogP contribution in [-0.2, 0) is 9.53 Å². The number of nitrogens with one attached hydrogen (secondary N) is 1. The number of methoxy groups -OCH3 is 1. The Labute approximate surface area is 91.0 Å². The minimum Gasteiger partial charge on any atom is -0.394 e. The number of rotatable bonds is 8. The number of aliphatic hydroxyl groups excluding tert-OH is 1. The number of hydrogen-bond donors (Lipinski definition) is 3. The van der Waals surface area contributed by atoms with Gasteiger partial charge >= 0.3 is 0 Å². The van der Waals surface area contributed by atoms with Gasteiger partial charge in [0.25, 0.3) is 0 Å². The molecule has 0 aliphatic heterocycles. The van der Waals surface area contributed by atoms with E-state index < -0.39 is 0 Å². The van der Waals surface area contributed by atoms with E-state index in [0.29, 0.717) is 13.2 Å². The molecule has 0 bridgehead atoms. The molecule has 5 heteroatoms. The van der Waals surface area contributed by atoms with E-state index in [4.69, 9.17) is 15.6 Å². The molecule has 0 aliphatic rings. The van der Waals surface area contributed by atoms with E-state index in [9.17, 15) is 4.79 Å². The van der Waals surface area contributed by atoms with Gasteiger partial charge in [0.15, 0.2) is 0 Å². The molecule has 0 rings (SSSR count). The molecule has 0 aromatic heterocycles. The number of aliphatic hydroxyl groups is 1. The topological polar surface area (TPSA) is 84.6 Å². The van der Waals surface area contributed by atoms with E-state index in [0.717, 1.165) is 12.8 Å². The van der Waals surface area contributed by atoms with E-state index >= 15 is 0 Å². The van der Waals surface area contributed by atoms with Gasteiger partial charge in [0.1, 0.15) is 0 Å². The number of hydrogen-bond acceptors (Lipinski definition) is 4. The van der Waals surface area contributed by atoms with Crippen LogP contribution in [0, 0.1) is 5.92 Å². The van der Waals surface area contributed by atoms with Crippen LogP contribution in [-0.4, -0.2) is 43.9 Å². The zero-order valence-electron chi connectivity index (χ0n) is 9.53. The Morgan fingerprint density at radius 3 is 2.73 bits per heavy atom. The minimum absolute atomic E-state index is 0.0560. The van der Waals surface area contributed by atoms with Gasteiger partial charge in [-0.3, -0.25) is 4.79 Å². The molecular weight excluding hydrogens is 196 g/mol. The van der Waals surface area contributed by atoms with Crippen LogP contribution in [0.3, 0.4) is 0 Å². The molecule has 0 aliphatic carbocycles. The fourth-order valence-corrected chi connectivity index (χ4v) is 1.24. The summed E-state index contributed by atoms with van der Waals surface area (Å²) in [5.74, 6) is -0.126. The maximum atomic E-state index is 11.6. The molecule has 90 valence electrons. The van der Waals surface area contributed by atoms with Gasteiger partial charge in [-0.2, -0.15) is 0 Å². The summed E-state index contributed by atoms with van der Waals surface area (Å²) in [5, 5.41) is 11.7. The molecule has 2 atom stereocenters. The Morgan fingerprint density at radius 1 is 1.60 bits per heavy atom. The summed E-state index contributed by atoms with van der Waals surface area (Å²) in [5.41, 5.74) is 5.36. The molecule has 0 aromatic rings. The van der Waals surface area contributed by atoms with Crippen LogP contribution in [0.15, 0.2) is 0 Å². The summed E-state index contributed by atoms with van der Waals surface area (Å²) in [4.78, 5) is 11.6. The normalized spacial score (nSPS) is 14.7. The molecule has 5 nitrogen and oxygen atoms in total. The standard InChI is InChI=1S/C10H22N2O3/c1-8(4-3-5-11)10(14)12-9(6-13)7-15-2/h8-9,13H,3-7,11H2,1-2H3,(H,12,14). The third-order valence-electron chi connectivity index (χ3n) is 2.22. The van der Waals surface area contributed by atoms with Crippen LogP contribution in [0.1, 0.15) is 19.8 Å². The van der Waals surface area contributed by atoms with Crippen molar-refractivity contribution >= 4 is 5.91 Å². The highest BCUT2D eigenvalue weighted by Crippen LogP contribution is 2.04. The molecule has 0 heterocycles. The lowest BCUT2D eigenvalue weighted by Crippen LogP contribution is -2.43. The Morgan fingerprint density at radius 2 is 2.27 bits per heavy atom. The molecule has 0 radical (unpaired) electrons. The fourth-order valence-electron chi connectivity index (χ4n) is 1.24. The second kappa shape index (κ2) is 8.64. The molecule has 1 amide bonds. The number of ether oxygens (including phenoxy) is 1. The summed E-state index contributed by atoms with van der Waals surface area (Å²) in [6, 6.07) is -0.317. The van der Waals surface area contributed by atoms with Gasteiger partial charge in [-0.1, -0.05) is 6.92 Å². The maximum Gasteiger partial charge on any atom is 0.223 e. The summed E-state index contributed by atoms with van der Waals surface area (Å²) in [7, 11) is 1.53. The summed E-state index contributed by atoms with van der Waals surface area (Å²) < 4.78 is 4.86. The predicted molar refractivity (Wildman–Crippen MR) is 58.3 cm³/mol. The van der Waals surface area contributed by atoms with E-state index in [1.807, 2.05) is 6.92 Å². The second-order valence-electron chi connectivity index (χ2n) is 3.68. The van der Waals surface area contributed by atoms with E-state index in [2.05, 4.69) is 5.32 Å². The largest absolute Gasteiger partial charge is 0.394 e. The third-order valence-corrected chi connectivity index (χ3v) is 2.22. The first-order chi connectivity index (χ1) is 7.15. The smallest absolute Gasteiger partial charge is 0.223 e. The lowest BCUT2D eigenvalue weighted by molar-refractivity contribution is -0.126. The van der Waals surface area contributed by atoms with Crippen molar-refractivity contribution in [2.45, 2.75) is 25.8 Å². The Balaban J connectivity index is 3.87. The van der Waals surface area contributed by atoms with E-state index in [-0.39, 0.29) is 24.5 Å². The summed E-state index contributed by atoms with van der Waals surface area (Å²) >= 11 is 0. The molecule has 0 aromatic carbocycles. The first-order valence-corrected chi connectivity index (χ1v) is 5.25. The first-order valence-electron chi connectivity index (χ1n) is 5.25.